The molecule has 1 heterocycles. The van der Waals surface area contributed by atoms with Crippen LogP contribution in [-0.4, -0.2) is 39.6 Å². The van der Waals surface area contributed by atoms with E-state index in [0.717, 1.165) is 16.0 Å². The minimum Gasteiger partial charge on any atom is -0.493 e. The average Bonchev–Trinajstić information content (AvgIpc) is 2.88. The summed E-state index contributed by atoms with van der Waals surface area (Å²) in [6, 6.07) is 11.0. The maximum Gasteiger partial charge on any atom is 0.303 e. The van der Waals surface area contributed by atoms with Crippen molar-refractivity contribution < 1.29 is 24.0 Å². The van der Waals surface area contributed by atoms with E-state index < -0.39 is 11.7 Å². The highest BCUT2D eigenvalue weighted by Crippen LogP contribution is 2.30. The number of fused-ring (bicyclic) bond motifs is 1. The fourth-order valence-electron chi connectivity index (χ4n) is 3.27. The molecule has 0 saturated carbocycles. The van der Waals surface area contributed by atoms with Crippen LogP contribution in [-0.2, 0) is 11.3 Å². The SMILES string of the molecule is COc1cc(C)c(C[NH+](C)CN2C(=O)C(=O)c3ccccc32)cc1OC. The second-order valence-corrected chi connectivity index (χ2v) is 6.51. The highest BCUT2D eigenvalue weighted by Gasteiger charge is 2.37. The van der Waals surface area contributed by atoms with Gasteiger partial charge in [0.15, 0.2) is 18.2 Å². The average molecular weight is 355 g/mol. The second-order valence-electron chi connectivity index (χ2n) is 6.51. The monoisotopic (exact) mass is 355 g/mol. The van der Waals surface area contributed by atoms with Crippen molar-refractivity contribution in [3.8, 4) is 11.5 Å². The largest absolute Gasteiger partial charge is 0.493 e. The summed E-state index contributed by atoms with van der Waals surface area (Å²) in [5.41, 5.74) is 3.36. The molecule has 1 aliphatic heterocycles. The van der Waals surface area contributed by atoms with E-state index in [1.54, 1.807) is 31.3 Å². The predicted molar refractivity (Wildman–Crippen MR) is 98.0 cm³/mol. The van der Waals surface area contributed by atoms with Crippen LogP contribution in [0.5, 0.6) is 11.5 Å². The van der Waals surface area contributed by atoms with Crippen molar-refractivity contribution in [1.29, 1.82) is 0 Å². The molecule has 6 nitrogen and oxygen atoms in total. The van der Waals surface area contributed by atoms with Crippen LogP contribution in [0.1, 0.15) is 21.5 Å². The van der Waals surface area contributed by atoms with Crippen LogP contribution >= 0.6 is 0 Å². The third-order valence-electron chi connectivity index (χ3n) is 4.64. The van der Waals surface area contributed by atoms with Gasteiger partial charge < -0.3 is 14.4 Å². The van der Waals surface area contributed by atoms with Gasteiger partial charge in [-0.25, -0.2) is 0 Å². The number of ether oxygens (including phenoxy) is 2. The van der Waals surface area contributed by atoms with Gasteiger partial charge in [0.1, 0.15) is 6.54 Å². The van der Waals surface area contributed by atoms with E-state index in [0.29, 0.717) is 36.0 Å². The Balaban J connectivity index is 1.79. The standard InChI is InChI=1S/C20H22N2O4/c1-13-9-17(25-3)18(26-4)10-14(13)11-21(2)12-22-16-8-6-5-7-15(16)19(23)20(22)24/h5-10H,11-12H2,1-4H3/p+1. The molecular weight excluding hydrogens is 332 g/mol. The number of nitrogens with zero attached hydrogens (tertiary/aromatic N) is 1. The Morgan fingerprint density at radius 1 is 1.04 bits per heavy atom. The lowest BCUT2D eigenvalue weighted by molar-refractivity contribution is -0.892. The molecule has 1 N–H and O–H groups in total. The van der Waals surface area contributed by atoms with Crippen LogP contribution in [0.2, 0.25) is 0 Å². The van der Waals surface area contributed by atoms with Crippen molar-refractivity contribution in [2.24, 2.45) is 0 Å². The Morgan fingerprint density at radius 2 is 1.69 bits per heavy atom. The fraction of sp³-hybridized carbons (Fsp3) is 0.300. The smallest absolute Gasteiger partial charge is 0.303 e. The van der Waals surface area contributed by atoms with Gasteiger partial charge in [-0.1, -0.05) is 12.1 Å². The number of carbonyl (C=O) groups is 2. The number of Topliss-reactive ketones (excluding diaryl/α,β-unsaturated/α-hetero) is 1. The Hall–Kier alpha value is -2.86. The summed E-state index contributed by atoms with van der Waals surface area (Å²) in [6.07, 6.45) is 0. The van der Waals surface area contributed by atoms with Gasteiger partial charge in [0.2, 0.25) is 0 Å². The highest BCUT2D eigenvalue weighted by molar-refractivity contribution is 6.52. The predicted octanol–water partition coefficient (Wildman–Crippen LogP) is 1.21. The zero-order chi connectivity index (χ0) is 18.8. The summed E-state index contributed by atoms with van der Waals surface area (Å²) in [5.74, 6) is 0.476. The number of hydrogen-bond donors (Lipinski definition) is 1. The maximum absolute atomic E-state index is 12.3. The van der Waals surface area contributed by atoms with Gasteiger partial charge >= 0.3 is 5.91 Å². The van der Waals surface area contributed by atoms with E-state index in [4.69, 9.17) is 9.47 Å². The van der Waals surface area contributed by atoms with Crippen molar-refractivity contribution in [3.63, 3.8) is 0 Å². The minimum absolute atomic E-state index is 0.412. The Labute approximate surface area is 152 Å². The molecular formula is C20H23N2O4+. The van der Waals surface area contributed by atoms with Gasteiger partial charge in [-0.3, -0.25) is 14.5 Å². The number of rotatable bonds is 6. The Bertz CT molecular complexity index is 863. The number of quaternary nitrogens is 1. The fourth-order valence-corrected chi connectivity index (χ4v) is 3.27. The molecule has 1 atom stereocenters. The molecule has 2 aromatic rings. The summed E-state index contributed by atoms with van der Waals surface area (Å²) in [4.78, 5) is 27.1. The van der Waals surface area contributed by atoms with Crippen molar-refractivity contribution in [2.45, 2.75) is 13.5 Å². The molecule has 0 bridgehead atoms. The van der Waals surface area contributed by atoms with Crippen molar-refractivity contribution in [3.05, 3.63) is 53.1 Å². The summed E-state index contributed by atoms with van der Waals surface area (Å²) in [6.45, 7) is 3.12. The Morgan fingerprint density at radius 3 is 2.38 bits per heavy atom. The third-order valence-corrected chi connectivity index (χ3v) is 4.64. The molecule has 0 radical (unpaired) electrons. The number of para-hydroxylation sites is 1. The van der Waals surface area contributed by atoms with Crippen LogP contribution in [0.25, 0.3) is 0 Å². The molecule has 0 saturated heterocycles. The lowest BCUT2D eigenvalue weighted by Gasteiger charge is -2.22. The number of aryl methyl sites for hydroxylation is 1. The molecule has 26 heavy (non-hydrogen) atoms. The summed E-state index contributed by atoms with van der Waals surface area (Å²) < 4.78 is 10.7. The van der Waals surface area contributed by atoms with E-state index in [1.165, 1.54) is 0 Å². The number of methoxy groups -OCH3 is 2. The van der Waals surface area contributed by atoms with Gasteiger partial charge in [-0.15, -0.1) is 0 Å². The molecule has 1 unspecified atom stereocenters. The van der Waals surface area contributed by atoms with Crippen LogP contribution in [0, 0.1) is 6.92 Å². The lowest BCUT2D eigenvalue weighted by Crippen LogP contribution is -3.09. The number of amides is 1. The number of ketones is 1. The van der Waals surface area contributed by atoms with Crippen LogP contribution < -0.4 is 19.3 Å². The second kappa shape index (κ2) is 7.17. The number of benzene rings is 2. The van der Waals surface area contributed by atoms with E-state index in [1.807, 2.05) is 38.2 Å². The molecule has 3 rings (SSSR count). The first-order valence-electron chi connectivity index (χ1n) is 8.44. The molecule has 0 fully saturated rings. The van der Waals surface area contributed by atoms with E-state index in [9.17, 15) is 9.59 Å². The van der Waals surface area contributed by atoms with E-state index >= 15 is 0 Å². The summed E-state index contributed by atoms with van der Waals surface area (Å²) >= 11 is 0. The van der Waals surface area contributed by atoms with Crippen LogP contribution in [0.15, 0.2) is 36.4 Å². The molecule has 0 spiro atoms. The van der Waals surface area contributed by atoms with Gasteiger partial charge in [-0.05, 0) is 36.8 Å². The molecule has 2 aromatic carbocycles. The number of nitrogens with one attached hydrogen (secondary N) is 1. The first-order chi connectivity index (χ1) is 12.5. The minimum atomic E-state index is -0.463. The first kappa shape index (κ1) is 17.9. The van der Waals surface area contributed by atoms with Gasteiger partial charge in [0, 0.05) is 5.56 Å². The Kier molecular flexibility index (Phi) is 4.95. The van der Waals surface area contributed by atoms with E-state index in [-0.39, 0.29) is 0 Å². The zero-order valence-corrected chi connectivity index (χ0v) is 15.5. The van der Waals surface area contributed by atoms with Crippen LogP contribution in [0.3, 0.4) is 0 Å². The summed E-state index contributed by atoms with van der Waals surface area (Å²) in [5, 5.41) is 0. The van der Waals surface area contributed by atoms with Gasteiger partial charge in [-0.2, -0.15) is 0 Å². The van der Waals surface area contributed by atoms with Crippen LogP contribution in [0.4, 0.5) is 5.69 Å². The number of carbonyl (C=O) groups excluding carboxylic acids is 2. The first-order valence-corrected chi connectivity index (χ1v) is 8.44. The van der Waals surface area contributed by atoms with Gasteiger partial charge in [0.05, 0.1) is 32.5 Å². The third kappa shape index (κ3) is 3.15. The molecule has 1 amide bonds. The number of anilines is 1. The molecule has 6 heteroatoms. The highest BCUT2D eigenvalue weighted by atomic mass is 16.5. The van der Waals surface area contributed by atoms with Crippen molar-refractivity contribution in [2.75, 3.05) is 32.8 Å². The molecule has 136 valence electrons. The topological polar surface area (TPSA) is 60.3 Å². The quantitative estimate of drug-likeness (QED) is 0.792. The zero-order valence-electron chi connectivity index (χ0n) is 15.5. The summed E-state index contributed by atoms with van der Waals surface area (Å²) in [7, 11) is 5.22. The number of hydrogen-bond acceptors (Lipinski definition) is 4. The van der Waals surface area contributed by atoms with Crippen molar-refractivity contribution >= 4 is 17.4 Å². The molecule has 0 aromatic heterocycles. The molecule has 0 aliphatic carbocycles. The van der Waals surface area contributed by atoms with Crippen molar-refractivity contribution in [1.82, 2.24) is 0 Å². The van der Waals surface area contributed by atoms with E-state index in [2.05, 4.69) is 0 Å². The molecule has 1 aliphatic rings. The maximum atomic E-state index is 12.3. The lowest BCUT2D eigenvalue weighted by atomic mass is 10.1. The normalized spacial score (nSPS) is 14.4. The van der Waals surface area contributed by atoms with Gasteiger partial charge in [0.25, 0.3) is 5.78 Å².